The molecular weight excluding hydrogens is 230 g/mol. The summed E-state index contributed by atoms with van der Waals surface area (Å²) in [6.07, 6.45) is 4.82. The molecule has 2 unspecified atom stereocenters. The number of nitrogens with two attached hydrogens (primary N) is 1. The van der Waals surface area contributed by atoms with Gasteiger partial charge in [-0.2, -0.15) is 0 Å². The number of amides is 2. The Morgan fingerprint density at radius 2 is 1.94 bits per heavy atom. The fourth-order valence-electron chi connectivity index (χ4n) is 1.73. The molecule has 104 valence electrons. The number of hydrogen-bond acceptors (Lipinski definition) is 3. The summed E-state index contributed by atoms with van der Waals surface area (Å²) in [5, 5.41) is 5.51. The highest BCUT2D eigenvalue weighted by molar-refractivity contribution is 5.85. The van der Waals surface area contributed by atoms with E-state index < -0.39 is 0 Å². The largest absolute Gasteiger partial charge is 0.352 e. The zero-order valence-corrected chi connectivity index (χ0v) is 11.4. The maximum atomic E-state index is 11.7. The summed E-state index contributed by atoms with van der Waals surface area (Å²) >= 11 is 0. The second-order valence-corrected chi connectivity index (χ2v) is 5.37. The molecule has 0 radical (unpaired) electrons. The Kier molecular flexibility index (Phi) is 6.12. The van der Waals surface area contributed by atoms with E-state index in [2.05, 4.69) is 10.6 Å². The third-order valence-corrected chi connectivity index (χ3v) is 3.11. The lowest BCUT2D eigenvalue weighted by atomic mass is 10.0. The van der Waals surface area contributed by atoms with Gasteiger partial charge in [0.25, 0.3) is 0 Å². The van der Waals surface area contributed by atoms with Crippen LogP contribution < -0.4 is 16.4 Å². The van der Waals surface area contributed by atoms with Crippen LogP contribution in [0.5, 0.6) is 0 Å². The van der Waals surface area contributed by atoms with Crippen molar-refractivity contribution in [3.8, 4) is 0 Å². The van der Waals surface area contributed by atoms with Gasteiger partial charge in [-0.3, -0.25) is 9.59 Å². The second-order valence-electron chi connectivity index (χ2n) is 5.37. The average Bonchev–Trinajstić information content (AvgIpc) is 3.09. The first-order valence-corrected chi connectivity index (χ1v) is 6.81. The topological polar surface area (TPSA) is 84.2 Å². The quantitative estimate of drug-likeness (QED) is 0.591. The molecule has 0 spiro atoms. The molecule has 0 aromatic heterocycles. The Bertz CT molecular complexity index is 288. The first kappa shape index (κ1) is 15.0. The number of carbonyl (C=O) groups excluding carboxylic acids is 2. The van der Waals surface area contributed by atoms with Crippen LogP contribution in [0, 0.1) is 5.92 Å². The van der Waals surface area contributed by atoms with Crippen LogP contribution in [0.25, 0.3) is 0 Å². The number of rotatable bonds is 8. The lowest BCUT2D eigenvalue weighted by Crippen LogP contribution is -2.39. The van der Waals surface area contributed by atoms with Gasteiger partial charge in [-0.05, 0) is 32.6 Å². The molecule has 5 nitrogen and oxygen atoms in total. The molecule has 0 bridgehead atoms. The Labute approximate surface area is 109 Å². The van der Waals surface area contributed by atoms with E-state index in [9.17, 15) is 9.59 Å². The van der Waals surface area contributed by atoms with E-state index >= 15 is 0 Å². The van der Waals surface area contributed by atoms with Gasteiger partial charge in [0.2, 0.25) is 11.8 Å². The summed E-state index contributed by atoms with van der Waals surface area (Å²) in [5.41, 5.74) is 5.65. The fraction of sp³-hybridized carbons (Fsp3) is 0.846. The van der Waals surface area contributed by atoms with Crippen molar-refractivity contribution in [3.63, 3.8) is 0 Å². The van der Waals surface area contributed by atoms with Gasteiger partial charge in [-0.15, -0.1) is 0 Å². The molecule has 1 rings (SSSR count). The van der Waals surface area contributed by atoms with Crippen LogP contribution in [0.1, 0.15) is 46.0 Å². The van der Waals surface area contributed by atoms with Crippen LogP contribution in [0.4, 0.5) is 0 Å². The first-order valence-electron chi connectivity index (χ1n) is 6.81. The van der Waals surface area contributed by atoms with Gasteiger partial charge in [0, 0.05) is 18.0 Å². The van der Waals surface area contributed by atoms with E-state index in [1.54, 1.807) is 0 Å². The number of nitrogens with one attached hydrogen (secondary N) is 2. The van der Waals surface area contributed by atoms with Crippen molar-refractivity contribution in [1.29, 1.82) is 0 Å². The molecular formula is C13H25N3O2. The Hall–Kier alpha value is -1.10. The van der Waals surface area contributed by atoms with Gasteiger partial charge in [-0.1, -0.05) is 13.3 Å². The van der Waals surface area contributed by atoms with Crippen LogP contribution in [-0.2, 0) is 9.59 Å². The molecule has 5 heteroatoms. The maximum Gasteiger partial charge on any atom is 0.239 e. The highest BCUT2D eigenvalue weighted by Crippen LogP contribution is 2.18. The number of carbonyl (C=O) groups is 2. The SMILES string of the molecule is CC(N)CCCC(C)C(=O)NCC(=O)NC1CC1. The molecule has 0 saturated heterocycles. The second kappa shape index (κ2) is 7.36. The molecule has 2 amide bonds. The van der Waals surface area contributed by atoms with E-state index in [0.717, 1.165) is 32.1 Å². The van der Waals surface area contributed by atoms with Crippen molar-refractivity contribution in [2.24, 2.45) is 11.7 Å². The van der Waals surface area contributed by atoms with E-state index in [1.165, 1.54) is 0 Å². The van der Waals surface area contributed by atoms with Gasteiger partial charge in [0.15, 0.2) is 0 Å². The molecule has 4 N–H and O–H groups in total. The zero-order valence-electron chi connectivity index (χ0n) is 11.4. The van der Waals surface area contributed by atoms with Crippen molar-refractivity contribution in [2.45, 2.75) is 58.0 Å². The fourth-order valence-corrected chi connectivity index (χ4v) is 1.73. The van der Waals surface area contributed by atoms with E-state index in [-0.39, 0.29) is 30.3 Å². The molecule has 0 aromatic carbocycles. The highest BCUT2D eigenvalue weighted by atomic mass is 16.2. The minimum absolute atomic E-state index is 0.0504. The van der Waals surface area contributed by atoms with Crippen molar-refractivity contribution in [1.82, 2.24) is 10.6 Å². The van der Waals surface area contributed by atoms with Gasteiger partial charge < -0.3 is 16.4 Å². The van der Waals surface area contributed by atoms with Crippen molar-refractivity contribution in [2.75, 3.05) is 6.54 Å². The molecule has 1 aliphatic carbocycles. The summed E-state index contributed by atoms with van der Waals surface area (Å²) in [6.45, 7) is 3.94. The van der Waals surface area contributed by atoms with E-state index in [1.807, 2.05) is 13.8 Å². The summed E-state index contributed by atoms with van der Waals surface area (Å²) in [4.78, 5) is 23.1. The standard InChI is InChI=1S/C13H25N3O2/c1-9(4-3-5-10(2)14)13(18)15-8-12(17)16-11-6-7-11/h9-11H,3-8,14H2,1-2H3,(H,15,18)(H,16,17). The van der Waals surface area contributed by atoms with Gasteiger partial charge in [0.05, 0.1) is 6.54 Å². The van der Waals surface area contributed by atoms with Crippen molar-refractivity contribution >= 4 is 11.8 Å². The Balaban J connectivity index is 2.08. The van der Waals surface area contributed by atoms with Crippen molar-refractivity contribution in [3.05, 3.63) is 0 Å². The van der Waals surface area contributed by atoms with Crippen LogP contribution >= 0.6 is 0 Å². The highest BCUT2D eigenvalue weighted by Gasteiger charge is 2.23. The molecule has 1 fully saturated rings. The summed E-state index contributed by atoms with van der Waals surface area (Å²) in [6, 6.07) is 0.530. The smallest absolute Gasteiger partial charge is 0.239 e. The van der Waals surface area contributed by atoms with Crippen molar-refractivity contribution < 1.29 is 9.59 Å². The minimum Gasteiger partial charge on any atom is -0.352 e. The molecule has 0 aliphatic heterocycles. The summed E-state index contributed by atoms with van der Waals surface area (Å²) in [5.74, 6) is -0.197. The van der Waals surface area contributed by atoms with Crippen LogP contribution in [0.15, 0.2) is 0 Å². The zero-order chi connectivity index (χ0) is 13.5. The van der Waals surface area contributed by atoms with Gasteiger partial charge in [-0.25, -0.2) is 0 Å². The van der Waals surface area contributed by atoms with E-state index in [4.69, 9.17) is 5.73 Å². The molecule has 2 atom stereocenters. The Morgan fingerprint density at radius 3 is 2.50 bits per heavy atom. The molecule has 1 aliphatic rings. The van der Waals surface area contributed by atoms with Crippen LogP contribution in [0.2, 0.25) is 0 Å². The third kappa shape index (κ3) is 6.59. The van der Waals surface area contributed by atoms with Gasteiger partial charge >= 0.3 is 0 Å². The molecule has 0 aromatic rings. The predicted molar refractivity (Wildman–Crippen MR) is 70.8 cm³/mol. The molecule has 18 heavy (non-hydrogen) atoms. The number of hydrogen-bond donors (Lipinski definition) is 3. The summed E-state index contributed by atoms with van der Waals surface area (Å²) in [7, 11) is 0. The monoisotopic (exact) mass is 255 g/mol. The molecule has 1 saturated carbocycles. The lowest BCUT2D eigenvalue weighted by Gasteiger charge is -2.12. The predicted octanol–water partition coefficient (Wildman–Crippen LogP) is 0.535. The van der Waals surface area contributed by atoms with Crippen LogP contribution in [-0.4, -0.2) is 30.4 Å². The average molecular weight is 255 g/mol. The summed E-state index contributed by atoms with van der Waals surface area (Å²) < 4.78 is 0. The van der Waals surface area contributed by atoms with Crippen LogP contribution in [0.3, 0.4) is 0 Å². The van der Waals surface area contributed by atoms with Gasteiger partial charge in [0.1, 0.15) is 0 Å². The minimum atomic E-state index is -0.0892. The normalized spacial score (nSPS) is 17.9. The Morgan fingerprint density at radius 1 is 1.28 bits per heavy atom. The van der Waals surface area contributed by atoms with E-state index in [0.29, 0.717) is 6.04 Å². The third-order valence-electron chi connectivity index (χ3n) is 3.11. The maximum absolute atomic E-state index is 11.7. The first-order chi connectivity index (χ1) is 8.49. The lowest BCUT2D eigenvalue weighted by molar-refractivity contribution is -0.128. The molecule has 0 heterocycles.